The maximum absolute atomic E-state index is 4.35. The van der Waals surface area contributed by atoms with E-state index in [1.54, 1.807) is 11.3 Å². The summed E-state index contributed by atoms with van der Waals surface area (Å²) in [6.07, 6.45) is 2.43. The van der Waals surface area contributed by atoms with Crippen LogP contribution in [0.25, 0.3) is 0 Å². The highest BCUT2D eigenvalue weighted by Crippen LogP contribution is 2.28. The van der Waals surface area contributed by atoms with E-state index >= 15 is 0 Å². The van der Waals surface area contributed by atoms with Crippen molar-refractivity contribution in [3.8, 4) is 0 Å². The molecule has 0 aliphatic carbocycles. The molecule has 1 aromatic heterocycles. The monoisotopic (exact) mass is 297 g/mol. The largest absolute Gasteiger partial charge is 0.314 e. The molecule has 1 rings (SSSR count). The molecule has 0 aliphatic heterocycles. The Bertz CT molecular complexity index is 383. The van der Waals surface area contributed by atoms with Crippen LogP contribution in [0.2, 0.25) is 0 Å². The van der Waals surface area contributed by atoms with E-state index in [4.69, 9.17) is 0 Å². The number of thiazole rings is 1. The molecule has 1 N–H and O–H groups in total. The van der Waals surface area contributed by atoms with Gasteiger partial charge >= 0.3 is 0 Å². The molecular formula is C16H31N3S. The Morgan fingerprint density at radius 3 is 2.45 bits per heavy atom. The lowest BCUT2D eigenvalue weighted by Gasteiger charge is -2.36. The highest BCUT2D eigenvalue weighted by molar-refractivity contribution is 7.09. The van der Waals surface area contributed by atoms with Gasteiger partial charge in [-0.25, -0.2) is 4.98 Å². The lowest BCUT2D eigenvalue weighted by molar-refractivity contribution is 0.148. The van der Waals surface area contributed by atoms with Crippen LogP contribution in [0.15, 0.2) is 5.51 Å². The summed E-state index contributed by atoms with van der Waals surface area (Å²) in [4.78, 5) is 8.19. The molecule has 4 heteroatoms. The summed E-state index contributed by atoms with van der Waals surface area (Å²) < 4.78 is 0. The van der Waals surface area contributed by atoms with E-state index in [0.29, 0.717) is 11.5 Å². The van der Waals surface area contributed by atoms with Gasteiger partial charge in [0.05, 0.1) is 11.2 Å². The topological polar surface area (TPSA) is 28.2 Å². The van der Waals surface area contributed by atoms with Gasteiger partial charge in [0.2, 0.25) is 0 Å². The van der Waals surface area contributed by atoms with Crippen LogP contribution >= 0.6 is 11.3 Å². The van der Waals surface area contributed by atoms with Gasteiger partial charge in [-0.1, -0.05) is 27.7 Å². The molecule has 3 nitrogen and oxygen atoms in total. The molecule has 0 radical (unpaired) electrons. The summed E-state index contributed by atoms with van der Waals surface area (Å²) in [7, 11) is 2.23. The summed E-state index contributed by atoms with van der Waals surface area (Å²) >= 11 is 1.77. The van der Waals surface area contributed by atoms with Crippen LogP contribution in [0.4, 0.5) is 0 Å². The first-order valence-electron chi connectivity index (χ1n) is 7.73. The minimum atomic E-state index is 0.373. The molecule has 0 bridgehead atoms. The van der Waals surface area contributed by atoms with Crippen molar-refractivity contribution in [3.05, 3.63) is 16.1 Å². The first kappa shape index (κ1) is 17.6. The first-order valence-corrected chi connectivity index (χ1v) is 8.61. The quantitative estimate of drug-likeness (QED) is 0.753. The molecule has 0 saturated heterocycles. The normalized spacial score (nSPS) is 12.6. The average molecular weight is 298 g/mol. The lowest BCUT2D eigenvalue weighted by atomic mass is 9.81. The zero-order valence-corrected chi connectivity index (χ0v) is 14.8. The second-order valence-electron chi connectivity index (χ2n) is 6.28. The molecule has 0 amide bonds. The van der Waals surface area contributed by atoms with E-state index in [1.165, 1.54) is 23.4 Å². The van der Waals surface area contributed by atoms with Crippen LogP contribution < -0.4 is 5.32 Å². The maximum atomic E-state index is 4.35. The minimum Gasteiger partial charge on any atom is -0.314 e. The van der Waals surface area contributed by atoms with Crippen LogP contribution in [0.1, 0.15) is 51.1 Å². The van der Waals surface area contributed by atoms with E-state index in [0.717, 1.165) is 19.6 Å². The molecule has 0 aliphatic rings. The number of rotatable bonds is 9. The Hall–Kier alpha value is -0.450. The van der Waals surface area contributed by atoms with Crippen LogP contribution in [0, 0.1) is 12.3 Å². The van der Waals surface area contributed by atoms with Crippen LogP contribution in [-0.2, 0) is 6.54 Å². The number of nitrogens with zero attached hydrogens (tertiary/aromatic N) is 2. The molecule has 0 aromatic carbocycles. The van der Waals surface area contributed by atoms with Crippen molar-refractivity contribution in [2.24, 2.45) is 5.41 Å². The highest BCUT2D eigenvalue weighted by atomic mass is 32.1. The second-order valence-corrected chi connectivity index (χ2v) is 7.22. The van der Waals surface area contributed by atoms with Crippen LogP contribution in [0.3, 0.4) is 0 Å². The van der Waals surface area contributed by atoms with Gasteiger partial charge in [-0.3, -0.25) is 0 Å². The number of nitrogens with one attached hydrogen (secondary N) is 1. The Morgan fingerprint density at radius 1 is 1.35 bits per heavy atom. The number of aromatic nitrogens is 1. The molecular weight excluding hydrogens is 266 g/mol. The molecule has 20 heavy (non-hydrogen) atoms. The van der Waals surface area contributed by atoms with Crippen LogP contribution in [-0.4, -0.2) is 36.1 Å². The number of hydrogen-bond acceptors (Lipinski definition) is 4. The van der Waals surface area contributed by atoms with E-state index in [1.807, 2.05) is 5.51 Å². The average Bonchev–Trinajstić information content (AvgIpc) is 2.80. The third-order valence-corrected chi connectivity index (χ3v) is 5.17. The predicted molar refractivity (Wildman–Crippen MR) is 89.3 cm³/mol. The van der Waals surface area contributed by atoms with Crippen molar-refractivity contribution in [1.82, 2.24) is 15.2 Å². The smallest absolute Gasteiger partial charge is 0.0798 e. The molecule has 0 fully saturated rings. The van der Waals surface area contributed by atoms with E-state index in [2.05, 4.69) is 56.9 Å². The fraction of sp³-hybridized carbons (Fsp3) is 0.812. The lowest BCUT2D eigenvalue weighted by Crippen LogP contribution is -2.44. The second kappa shape index (κ2) is 8.11. The summed E-state index contributed by atoms with van der Waals surface area (Å²) in [5.74, 6) is 0. The fourth-order valence-corrected chi connectivity index (χ4v) is 3.41. The molecule has 116 valence electrons. The zero-order valence-electron chi connectivity index (χ0n) is 14.0. The van der Waals surface area contributed by atoms with Gasteiger partial charge in [0.25, 0.3) is 0 Å². The van der Waals surface area contributed by atoms with Crippen molar-refractivity contribution < 1.29 is 0 Å². The molecule has 0 unspecified atom stereocenters. The van der Waals surface area contributed by atoms with Gasteiger partial charge < -0.3 is 10.2 Å². The Kier molecular flexibility index (Phi) is 7.13. The summed E-state index contributed by atoms with van der Waals surface area (Å²) in [5.41, 5.74) is 3.50. The molecule has 0 spiro atoms. The van der Waals surface area contributed by atoms with E-state index in [-0.39, 0.29) is 0 Å². The van der Waals surface area contributed by atoms with Crippen molar-refractivity contribution in [2.45, 2.75) is 60.0 Å². The molecule has 0 atom stereocenters. The van der Waals surface area contributed by atoms with Crippen molar-refractivity contribution in [2.75, 3.05) is 20.1 Å². The maximum Gasteiger partial charge on any atom is 0.0798 e. The fourth-order valence-electron chi connectivity index (χ4n) is 2.55. The van der Waals surface area contributed by atoms with Crippen molar-refractivity contribution in [3.63, 3.8) is 0 Å². The Labute approximate surface area is 128 Å². The van der Waals surface area contributed by atoms with Gasteiger partial charge in [0.15, 0.2) is 0 Å². The number of hydrogen-bond donors (Lipinski definition) is 1. The summed E-state index contributed by atoms with van der Waals surface area (Å²) in [6.45, 7) is 14.4. The number of aryl methyl sites for hydroxylation is 1. The predicted octanol–water partition coefficient (Wildman–Crippen LogP) is 3.69. The van der Waals surface area contributed by atoms with Crippen molar-refractivity contribution >= 4 is 11.3 Å². The van der Waals surface area contributed by atoms with Gasteiger partial charge in [-0.2, -0.15) is 0 Å². The molecule has 1 heterocycles. The summed E-state index contributed by atoms with van der Waals surface area (Å²) in [6, 6.07) is 0.557. The molecule has 1 aromatic rings. The van der Waals surface area contributed by atoms with Gasteiger partial charge in [-0.15, -0.1) is 11.3 Å². The first-order chi connectivity index (χ1) is 9.42. The van der Waals surface area contributed by atoms with Gasteiger partial charge in [0, 0.05) is 30.6 Å². The minimum absolute atomic E-state index is 0.373. The van der Waals surface area contributed by atoms with Crippen LogP contribution in [0.5, 0.6) is 0 Å². The Morgan fingerprint density at radius 2 is 2.00 bits per heavy atom. The highest BCUT2D eigenvalue weighted by Gasteiger charge is 2.28. The third-order valence-electron chi connectivity index (χ3n) is 4.25. The third kappa shape index (κ3) is 5.15. The summed E-state index contributed by atoms with van der Waals surface area (Å²) in [5, 5.41) is 3.63. The molecule has 0 saturated carbocycles. The zero-order chi connectivity index (χ0) is 15.2. The van der Waals surface area contributed by atoms with E-state index < -0.39 is 0 Å². The van der Waals surface area contributed by atoms with Gasteiger partial charge in [-0.05, 0) is 32.2 Å². The Balaban J connectivity index is 2.62. The standard InChI is InChI=1S/C16H31N3S/c1-7-16(8-2,10-17-13(3)4)11-19(6)9-15-14(5)18-12-20-15/h12-13,17H,7-11H2,1-6H3. The SMILES string of the molecule is CCC(CC)(CNC(C)C)CN(C)Cc1scnc1C. The van der Waals surface area contributed by atoms with Crippen molar-refractivity contribution in [1.29, 1.82) is 0 Å². The van der Waals surface area contributed by atoms with Gasteiger partial charge in [0.1, 0.15) is 0 Å². The van der Waals surface area contributed by atoms with E-state index in [9.17, 15) is 0 Å².